The Kier molecular flexibility index (Phi) is 12.9. The molecule has 9 heteroatoms. The smallest absolute Gasteiger partial charge is 0.191 e. The summed E-state index contributed by atoms with van der Waals surface area (Å²) in [5.74, 6) is 1.20. The van der Waals surface area contributed by atoms with Gasteiger partial charge >= 0.3 is 0 Å². The number of hydrogen-bond donors (Lipinski definition) is 2. The lowest BCUT2D eigenvalue weighted by molar-refractivity contribution is 0.0131. The highest BCUT2D eigenvalue weighted by molar-refractivity contribution is 14.0. The van der Waals surface area contributed by atoms with Crippen LogP contribution in [0.5, 0.6) is 0 Å². The number of morpholine rings is 2. The van der Waals surface area contributed by atoms with Crippen LogP contribution in [0.25, 0.3) is 0 Å². The molecule has 2 atom stereocenters. The van der Waals surface area contributed by atoms with E-state index in [0.717, 1.165) is 63.9 Å². The summed E-state index contributed by atoms with van der Waals surface area (Å²) in [6.45, 7) is 12.7. The van der Waals surface area contributed by atoms with Gasteiger partial charge in [-0.15, -0.1) is 24.0 Å². The van der Waals surface area contributed by atoms with Crippen LogP contribution in [0.4, 0.5) is 4.39 Å². The van der Waals surface area contributed by atoms with Gasteiger partial charge in [0, 0.05) is 52.4 Å². The van der Waals surface area contributed by atoms with Crippen molar-refractivity contribution in [2.75, 3.05) is 72.7 Å². The summed E-state index contributed by atoms with van der Waals surface area (Å²) in [7, 11) is 1.80. The van der Waals surface area contributed by atoms with Gasteiger partial charge < -0.3 is 20.1 Å². The van der Waals surface area contributed by atoms with Crippen LogP contribution in [0.1, 0.15) is 31.9 Å². The van der Waals surface area contributed by atoms with Crippen molar-refractivity contribution < 1.29 is 13.9 Å². The second-order valence-corrected chi connectivity index (χ2v) is 8.98. The zero-order chi connectivity index (χ0) is 22.8. The van der Waals surface area contributed by atoms with Gasteiger partial charge in [0.2, 0.25) is 0 Å². The number of aliphatic imine (C=N–C) groups is 1. The van der Waals surface area contributed by atoms with Crippen molar-refractivity contribution in [3.63, 3.8) is 0 Å². The number of nitrogens with one attached hydrogen (secondary N) is 2. The lowest BCUT2D eigenvalue weighted by atomic mass is 10.0. The largest absolute Gasteiger partial charge is 0.379 e. The van der Waals surface area contributed by atoms with Crippen molar-refractivity contribution in [3.8, 4) is 0 Å². The van der Waals surface area contributed by atoms with E-state index in [9.17, 15) is 4.39 Å². The molecule has 2 unspecified atom stereocenters. The second-order valence-electron chi connectivity index (χ2n) is 8.98. The summed E-state index contributed by atoms with van der Waals surface area (Å²) >= 11 is 0. The molecule has 2 saturated heterocycles. The molecule has 3 rings (SSSR count). The molecule has 1 aromatic carbocycles. The third kappa shape index (κ3) is 9.28. The first-order valence-corrected chi connectivity index (χ1v) is 11.9. The van der Waals surface area contributed by atoms with E-state index in [2.05, 4.69) is 39.3 Å². The van der Waals surface area contributed by atoms with Crippen molar-refractivity contribution in [2.24, 2.45) is 10.9 Å². The van der Waals surface area contributed by atoms with Crippen molar-refractivity contribution in [2.45, 2.75) is 32.4 Å². The highest BCUT2D eigenvalue weighted by Gasteiger charge is 2.25. The highest BCUT2D eigenvalue weighted by Crippen LogP contribution is 2.22. The maximum Gasteiger partial charge on any atom is 0.191 e. The maximum absolute atomic E-state index is 13.9. The van der Waals surface area contributed by atoms with Crippen LogP contribution in [0.15, 0.2) is 29.3 Å². The fraction of sp³-hybridized carbons (Fsp3) is 0.708. The van der Waals surface area contributed by atoms with Crippen LogP contribution in [-0.4, -0.2) is 94.5 Å². The van der Waals surface area contributed by atoms with E-state index in [0.29, 0.717) is 31.7 Å². The quantitative estimate of drug-likeness (QED) is 0.268. The van der Waals surface area contributed by atoms with Crippen molar-refractivity contribution in [1.29, 1.82) is 0 Å². The number of guanidine groups is 1. The van der Waals surface area contributed by atoms with Crippen LogP contribution in [0.3, 0.4) is 0 Å². The number of halogens is 2. The SMILES string of the molecule is CN=C(NCC(CC(C)C)N1CCOCC1)NCC(c1cccc(F)c1)N1CCOCC1.I. The molecule has 1 aromatic rings. The molecular weight excluding hydrogens is 536 g/mol. The average molecular weight is 578 g/mol. The molecule has 2 N–H and O–H groups in total. The zero-order valence-electron chi connectivity index (χ0n) is 20.3. The summed E-state index contributed by atoms with van der Waals surface area (Å²) in [6, 6.07) is 7.40. The Hall–Kier alpha value is -1.01. The molecule has 0 radical (unpaired) electrons. The first-order valence-electron chi connectivity index (χ1n) is 11.9. The lowest BCUT2D eigenvalue weighted by Crippen LogP contribution is -2.52. The molecule has 2 fully saturated rings. The van der Waals surface area contributed by atoms with Gasteiger partial charge in [0.1, 0.15) is 5.82 Å². The molecule has 0 amide bonds. The summed E-state index contributed by atoms with van der Waals surface area (Å²) in [5.41, 5.74) is 0.973. The molecule has 0 aromatic heterocycles. The Labute approximate surface area is 215 Å². The van der Waals surface area contributed by atoms with Gasteiger partial charge in [-0.3, -0.25) is 14.8 Å². The fourth-order valence-corrected chi connectivity index (χ4v) is 4.54. The molecule has 0 saturated carbocycles. The number of rotatable bonds is 9. The minimum absolute atomic E-state index is 0. The van der Waals surface area contributed by atoms with E-state index in [-0.39, 0.29) is 35.8 Å². The van der Waals surface area contributed by atoms with Crippen LogP contribution < -0.4 is 10.6 Å². The van der Waals surface area contributed by atoms with Crippen LogP contribution in [-0.2, 0) is 9.47 Å². The van der Waals surface area contributed by atoms with E-state index >= 15 is 0 Å². The Morgan fingerprint density at radius 1 is 1.00 bits per heavy atom. The molecule has 2 aliphatic rings. The molecule has 0 spiro atoms. The molecule has 7 nitrogen and oxygen atoms in total. The molecule has 2 heterocycles. The number of benzene rings is 1. The minimum atomic E-state index is -0.203. The Morgan fingerprint density at radius 3 is 2.18 bits per heavy atom. The first-order chi connectivity index (χ1) is 15.6. The third-order valence-electron chi connectivity index (χ3n) is 6.22. The third-order valence-corrected chi connectivity index (χ3v) is 6.22. The van der Waals surface area contributed by atoms with Gasteiger partial charge in [-0.05, 0) is 30.0 Å². The minimum Gasteiger partial charge on any atom is -0.379 e. The van der Waals surface area contributed by atoms with E-state index < -0.39 is 0 Å². The summed E-state index contributed by atoms with van der Waals surface area (Å²) in [6.07, 6.45) is 1.13. The van der Waals surface area contributed by atoms with Gasteiger partial charge in [0.15, 0.2) is 5.96 Å². The zero-order valence-corrected chi connectivity index (χ0v) is 22.6. The van der Waals surface area contributed by atoms with Gasteiger partial charge in [-0.1, -0.05) is 26.0 Å². The van der Waals surface area contributed by atoms with Gasteiger partial charge in [0.25, 0.3) is 0 Å². The molecular formula is C24H41FIN5O2. The maximum atomic E-state index is 13.9. The molecule has 188 valence electrons. The van der Waals surface area contributed by atoms with E-state index in [4.69, 9.17) is 9.47 Å². The summed E-state index contributed by atoms with van der Waals surface area (Å²) in [4.78, 5) is 9.32. The average Bonchev–Trinajstić information content (AvgIpc) is 2.81. The molecule has 2 aliphatic heterocycles. The Bertz CT molecular complexity index is 712. The second kappa shape index (κ2) is 15.1. The van der Waals surface area contributed by atoms with Gasteiger partial charge in [-0.25, -0.2) is 4.39 Å². The van der Waals surface area contributed by atoms with Gasteiger partial charge in [-0.2, -0.15) is 0 Å². The lowest BCUT2D eigenvalue weighted by Gasteiger charge is -2.36. The standard InChI is InChI=1S/C24H40FN5O2.HI/c1-19(2)15-22(29-7-11-31-12-8-29)17-27-24(26-3)28-18-23(30-9-13-32-14-10-30)20-5-4-6-21(25)16-20;/h4-6,16,19,22-23H,7-15,17-18H2,1-3H3,(H2,26,27,28);1H. The molecule has 33 heavy (non-hydrogen) atoms. The van der Waals surface area contributed by atoms with Gasteiger partial charge in [0.05, 0.1) is 32.5 Å². The van der Waals surface area contributed by atoms with Crippen LogP contribution in [0.2, 0.25) is 0 Å². The van der Waals surface area contributed by atoms with Crippen LogP contribution >= 0.6 is 24.0 Å². The Morgan fingerprint density at radius 2 is 1.61 bits per heavy atom. The van der Waals surface area contributed by atoms with Crippen molar-refractivity contribution in [1.82, 2.24) is 20.4 Å². The van der Waals surface area contributed by atoms with Crippen molar-refractivity contribution in [3.05, 3.63) is 35.6 Å². The predicted molar refractivity (Wildman–Crippen MR) is 142 cm³/mol. The van der Waals surface area contributed by atoms with E-state index in [1.54, 1.807) is 19.2 Å². The summed E-state index contributed by atoms with van der Waals surface area (Å²) in [5, 5.41) is 7.02. The first kappa shape index (κ1) is 28.2. The van der Waals surface area contributed by atoms with Crippen LogP contribution in [0, 0.1) is 11.7 Å². The highest BCUT2D eigenvalue weighted by atomic mass is 127. The number of hydrogen-bond acceptors (Lipinski definition) is 5. The normalized spacial score (nSPS) is 20.2. The van der Waals surface area contributed by atoms with E-state index in [1.165, 1.54) is 6.07 Å². The molecule has 0 aliphatic carbocycles. The predicted octanol–water partition coefficient (Wildman–Crippen LogP) is 2.73. The number of nitrogens with zero attached hydrogens (tertiary/aromatic N) is 3. The topological polar surface area (TPSA) is 61.4 Å². The Balaban J connectivity index is 0.00000385. The van der Waals surface area contributed by atoms with Crippen molar-refractivity contribution >= 4 is 29.9 Å². The van der Waals surface area contributed by atoms with E-state index in [1.807, 2.05) is 6.07 Å². The molecule has 0 bridgehead atoms. The number of ether oxygens (including phenoxy) is 2. The summed E-state index contributed by atoms with van der Waals surface area (Å²) < 4.78 is 25.0. The monoisotopic (exact) mass is 577 g/mol. The fourth-order valence-electron chi connectivity index (χ4n) is 4.54.